The summed E-state index contributed by atoms with van der Waals surface area (Å²) < 4.78 is 5.76. The molecule has 0 unspecified atom stereocenters. The van der Waals surface area contributed by atoms with Crippen LogP contribution in [-0.2, 0) is 0 Å². The Balaban J connectivity index is 2.56. The Labute approximate surface area is 136 Å². The Bertz CT molecular complexity index is 777. The number of nitro benzene ring substituents is 1. The maximum Gasteiger partial charge on any atom is 0.314 e. The summed E-state index contributed by atoms with van der Waals surface area (Å²) in [4.78, 5) is 17.9. The van der Waals surface area contributed by atoms with Crippen LogP contribution in [0.4, 0.5) is 11.5 Å². The molecule has 10 heteroatoms. The van der Waals surface area contributed by atoms with E-state index in [0.29, 0.717) is 3.57 Å². The van der Waals surface area contributed by atoms with Crippen molar-refractivity contribution < 1.29 is 9.66 Å². The van der Waals surface area contributed by atoms with E-state index >= 15 is 0 Å². The lowest BCUT2D eigenvalue weighted by molar-refractivity contribution is -0.385. The van der Waals surface area contributed by atoms with Crippen molar-refractivity contribution in [1.82, 2.24) is 9.97 Å². The maximum atomic E-state index is 11.1. The molecule has 0 aliphatic rings. The zero-order valence-electron chi connectivity index (χ0n) is 10.1. The molecule has 0 amide bonds. The van der Waals surface area contributed by atoms with Gasteiger partial charge < -0.3 is 10.5 Å². The number of anilines is 1. The van der Waals surface area contributed by atoms with Crippen LogP contribution in [0.2, 0.25) is 5.02 Å². The van der Waals surface area contributed by atoms with Crippen LogP contribution in [0.15, 0.2) is 18.5 Å². The predicted molar refractivity (Wildman–Crippen MR) is 82.1 cm³/mol. The summed E-state index contributed by atoms with van der Waals surface area (Å²) in [7, 11) is 0. The Morgan fingerprint density at radius 1 is 1.48 bits per heavy atom. The third-order valence-corrected chi connectivity index (χ3v) is 3.49. The van der Waals surface area contributed by atoms with Crippen LogP contribution in [0.5, 0.6) is 11.6 Å². The lowest BCUT2D eigenvalue weighted by Gasteiger charge is -2.09. The zero-order chi connectivity index (χ0) is 15.6. The van der Waals surface area contributed by atoms with E-state index in [9.17, 15) is 10.1 Å². The number of nitrogens with zero attached hydrogens (tertiary/aromatic N) is 4. The summed E-state index contributed by atoms with van der Waals surface area (Å²) in [5.74, 6) is -0.178. The molecule has 1 aromatic carbocycles. The number of nitriles is 1. The highest BCUT2D eigenvalue weighted by atomic mass is 127. The van der Waals surface area contributed by atoms with Gasteiger partial charge in [0.25, 0.3) is 0 Å². The van der Waals surface area contributed by atoms with Gasteiger partial charge in [0.15, 0.2) is 0 Å². The summed E-state index contributed by atoms with van der Waals surface area (Å²) in [6.07, 6.45) is 1.12. The molecule has 0 atom stereocenters. The number of hydrogen-bond acceptors (Lipinski definition) is 7. The van der Waals surface area contributed by atoms with E-state index < -0.39 is 4.92 Å². The molecule has 21 heavy (non-hydrogen) atoms. The normalized spacial score (nSPS) is 9.95. The fourth-order valence-electron chi connectivity index (χ4n) is 1.41. The monoisotopic (exact) mass is 417 g/mol. The van der Waals surface area contributed by atoms with E-state index in [2.05, 4.69) is 9.97 Å². The highest BCUT2D eigenvalue weighted by molar-refractivity contribution is 14.1. The molecule has 0 radical (unpaired) electrons. The second kappa shape index (κ2) is 6.06. The number of aromatic nitrogens is 2. The molecule has 0 aliphatic heterocycles. The average Bonchev–Trinajstić information content (AvgIpc) is 2.45. The fraction of sp³-hybridized carbons (Fsp3) is 0. The van der Waals surface area contributed by atoms with Crippen molar-refractivity contribution in [2.75, 3.05) is 5.73 Å². The molecule has 2 aromatic rings. The molecule has 0 fully saturated rings. The summed E-state index contributed by atoms with van der Waals surface area (Å²) in [6.45, 7) is 0. The van der Waals surface area contributed by atoms with Crippen LogP contribution >= 0.6 is 34.2 Å². The molecule has 0 spiro atoms. The van der Waals surface area contributed by atoms with Crippen molar-refractivity contribution in [2.24, 2.45) is 0 Å². The van der Waals surface area contributed by atoms with Crippen LogP contribution < -0.4 is 10.5 Å². The van der Waals surface area contributed by atoms with Crippen LogP contribution in [-0.4, -0.2) is 14.9 Å². The number of rotatable bonds is 3. The van der Waals surface area contributed by atoms with Gasteiger partial charge >= 0.3 is 5.69 Å². The molecule has 0 aliphatic carbocycles. The first kappa shape index (κ1) is 15.2. The predicted octanol–water partition coefficient (Wildman–Crippen LogP) is 2.89. The quantitative estimate of drug-likeness (QED) is 0.462. The lowest BCUT2D eigenvalue weighted by atomic mass is 10.2. The van der Waals surface area contributed by atoms with Gasteiger partial charge in [-0.1, -0.05) is 11.6 Å². The first-order valence-electron chi connectivity index (χ1n) is 5.26. The summed E-state index contributed by atoms with van der Waals surface area (Å²) in [5, 5.41) is 19.9. The van der Waals surface area contributed by atoms with Gasteiger partial charge in [0.05, 0.1) is 20.1 Å². The van der Waals surface area contributed by atoms with Gasteiger partial charge in [-0.05, 0) is 28.7 Å². The smallest absolute Gasteiger partial charge is 0.314 e. The van der Waals surface area contributed by atoms with Gasteiger partial charge in [-0.15, -0.1) is 0 Å². The van der Waals surface area contributed by atoms with Gasteiger partial charge in [-0.25, -0.2) is 4.98 Å². The highest BCUT2D eigenvalue weighted by Gasteiger charge is 2.23. The molecule has 2 rings (SSSR count). The number of benzene rings is 1. The van der Waals surface area contributed by atoms with Crippen molar-refractivity contribution in [3.63, 3.8) is 0 Å². The maximum absolute atomic E-state index is 11.1. The summed E-state index contributed by atoms with van der Waals surface area (Å²) in [5.41, 5.74) is 5.29. The zero-order valence-corrected chi connectivity index (χ0v) is 13.0. The molecule has 1 aromatic heterocycles. The van der Waals surface area contributed by atoms with Gasteiger partial charge in [-0.2, -0.15) is 10.2 Å². The molecule has 8 nitrogen and oxygen atoms in total. The standard InChI is InChI=1S/C11H5ClIN5O3/c12-8-10(15)16-4-17-11(8)21-9-6(13)1-5(3-14)2-7(9)18(19)20/h1-2,4H,(H2,15,16,17). The minimum atomic E-state index is -0.656. The molecular formula is C11H5ClIN5O3. The number of nitrogens with two attached hydrogens (primary N) is 1. The largest absolute Gasteiger partial charge is 0.429 e. The number of ether oxygens (including phenoxy) is 1. The van der Waals surface area contributed by atoms with Gasteiger partial charge in [-0.3, -0.25) is 10.1 Å². The third-order valence-electron chi connectivity index (χ3n) is 2.33. The number of hydrogen-bond donors (Lipinski definition) is 1. The van der Waals surface area contributed by atoms with Gasteiger partial charge in [0.1, 0.15) is 17.2 Å². The Kier molecular flexibility index (Phi) is 4.39. The molecular weight excluding hydrogens is 413 g/mol. The van der Waals surface area contributed by atoms with E-state index in [-0.39, 0.29) is 33.7 Å². The molecule has 0 saturated heterocycles. The average molecular weight is 418 g/mol. The van der Waals surface area contributed by atoms with Crippen molar-refractivity contribution in [3.8, 4) is 17.7 Å². The topological polar surface area (TPSA) is 128 Å². The third kappa shape index (κ3) is 3.11. The minimum Gasteiger partial charge on any atom is -0.429 e. The number of nitrogen functional groups attached to an aromatic ring is 1. The van der Waals surface area contributed by atoms with Crippen molar-refractivity contribution in [2.45, 2.75) is 0 Å². The van der Waals surface area contributed by atoms with E-state index in [1.807, 2.05) is 28.7 Å². The molecule has 0 saturated carbocycles. The van der Waals surface area contributed by atoms with Crippen LogP contribution in [0, 0.1) is 25.0 Å². The molecule has 1 heterocycles. The first-order valence-corrected chi connectivity index (χ1v) is 6.71. The van der Waals surface area contributed by atoms with Gasteiger partial charge in [0, 0.05) is 6.07 Å². The second-order valence-electron chi connectivity index (χ2n) is 3.66. The molecule has 106 valence electrons. The summed E-state index contributed by atoms with van der Waals surface area (Å²) in [6, 6.07) is 4.39. The highest BCUT2D eigenvalue weighted by Crippen LogP contribution is 2.38. The van der Waals surface area contributed by atoms with E-state index in [0.717, 1.165) is 12.4 Å². The number of nitro groups is 1. The first-order chi connectivity index (χ1) is 9.93. The van der Waals surface area contributed by atoms with Crippen LogP contribution in [0.3, 0.4) is 0 Å². The van der Waals surface area contributed by atoms with Crippen molar-refractivity contribution in [3.05, 3.63) is 42.7 Å². The number of halogens is 2. The molecule has 2 N–H and O–H groups in total. The second-order valence-corrected chi connectivity index (χ2v) is 5.20. The van der Waals surface area contributed by atoms with Crippen molar-refractivity contribution in [1.29, 1.82) is 5.26 Å². The van der Waals surface area contributed by atoms with Crippen LogP contribution in [0.1, 0.15) is 5.56 Å². The fourth-order valence-corrected chi connectivity index (χ4v) is 2.27. The lowest BCUT2D eigenvalue weighted by Crippen LogP contribution is -2.00. The van der Waals surface area contributed by atoms with Crippen LogP contribution in [0.25, 0.3) is 0 Å². The minimum absolute atomic E-state index is 0.00651. The van der Waals surface area contributed by atoms with E-state index in [1.54, 1.807) is 0 Å². The summed E-state index contributed by atoms with van der Waals surface area (Å²) >= 11 is 7.70. The SMILES string of the molecule is N#Cc1cc(I)c(Oc2ncnc(N)c2Cl)c([N+](=O)[O-])c1. The Morgan fingerprint density at radius 2 is 2.19 bits per heavy atom. The Morgan fingerprint density at radius 3 is 2.81 bits per heavy atom. The molecule has 0 bridgehead atoms. The van der Waals surface area contributed by atoms with E-state index in [1.165, 1.54) is 6.07 Å². The van der Waals surface area contributed by atoms with E-state index in [4.69, 9.17) is 27.3 Å². The van der Waals surface area contributed by atoms with Gasteiger partial charge in [0.2, 0.25) is 11.6 Å². The van der Waals surface area contributed by atoms with Crippen molar-refractivity contribution >= 4 is 45.7 Å². The Hall–Kier alpha value is -2.19.